The van der Waals surface area contributed by atoms with Crippen LogP contribution in [0.3, 0.4) is 0 Å². The molecule has 0 fully saturated rings. The molecular formula is C63H121NO5. The molecule has 0 aromatic rings. The maximum Gasteiger partial charge on any atom is 0.305 e. The van der Waals surface area contributed by atoms with E-state index in [0.717, 1.165) is 57.8 Å². The summed E-state index contributed by atoms with van der Waals surface area (Å²) in [6.45, 7) is 4.93. The number of unbranched alkanes of at least 4 members (excludes halogenated alkanes) is 43. The van der Waals surface area contributed by atoms with Crippen molar-refractivity contribution in [1.29, 1.82) is 0 Å². The summed E-state index contributed by atoms with van der Waals surface area (Å²) in [5.41, 5.74) is 0. The zero-order chi connectivity index (χ0) is 50.0. The molecule has 0 heterocycles. The third-order valence-corrected chi connectivity index (χ3v) is 14.5. The molecule has 0 aliphatic rings. The average molecular weight is 973 g/mol. The van der Waals surface area contributed by atoms with Crippen LogP contribution in [0.5, 0.6) is 0 Å². The van der Waals surface area contributed by atoms with Gasteiger partial charge in [0.05, 0.1) is 25.4 Å². The number of esters is 1. The lowest BCUT2D eigenvalue weighted by Crippen LogP contribution is -2.45. The Balaban J connectivity index is 3.45. The number of aliphatic hydroxyl groups excluding tert-OH is 2. The molecule has 408 valence electrons. The van der Waals surface area contributed by atoms with E-state index in [0.29, 0.717) is 25.9 Å². The van der Waals surface area contributed by atoms with Crippen LogP contribution in [0.1, 0.15) is 341 Å². The normalized spacial score (nSPS) is 12.7. The quantitative estimate of drug-likeness (QED) is 0.0321. The molecule has 0 radical (unpaired) electrons. The molecule has 0 bridgehead atoms. The monoisotopic (exact) mass is 972 g/mol. The van der Waals surface area contributed by atoms with Gasteiger partial charge in [-0.05, 0) is 77.0 Å². The predicted molar refractivity (Wildman–Crippen MR) is 301 cm³/mol. The Labute approximate surface area is 431 Å². The molecule has 6 heteroatoms. The smallest absolute Gasteiger partial charge is 0.305 e. The SMILES string of the molecule is CCCCC/C=C\CCCCCCCC(=O)OCCCCCCCCCCC/C=C\CCCCCCCC(=O)NC(CO)C(O)CCCCCCCCCCCCCCCCCCCCCCCC. The molecule has 3 N–H and O–H groups in total. The van der Waals surface area contributed by atoms with E-state index >= 15 is 0 Å². The summed E-state index contributed by atoms with van der Waals surface area (Å²) in [6.07, 6.45) is 71.8. The van der Waals surface area contributed by atoms with Gasteiger partial charge >= 0.3 is 5.97 Å². The van der Waals surface area contributed by atoms with Crippen LogP contribution in [0.2, 0.25) is 0 Å². The van der Waals surface area contributed by atoms with Crippen LogP contribution in [0.4, 0.5) is 0 Å². The highest BCUT2D eigenvalue weighted by Gasteiger charge is 2.20. The number of carbonyl (C=O) groups is 2. The molecule has 69 heavy (non-hydrogen) atoms. The number of amides is 1. The number of ether oxygens (including phenoxy) is 1. The van der Waals surface area contributed by atoms with Gasteiger partial charge < -0.3 is 20.3 Å². The van der Waals surface area contributed by atoms with Crippen molar-refractivity contribution >= 4 is 11.9 Å². The summed E-state index contributed by atoms with van der Waals surface area (Å²) >= 11 is 0. The van der Waals surface area contributed by atoms with Crippen LogP contribution in [0.15, 0.2) is 24.3 Å². The minimum atomic E-state index is -0.674. The molecule has 0 spiro atoms. The highest BCUT2D eigenvalue weighted by molar-refractivity contribution is 5.76. The average Bonchev–Trinajstić information content (AvgIpc) is 3.35. The van der Waals surface area contributed by atoms with Gasteiger partial charge in [-0.3, -0.25) is 9.59 Å². The molecule has 0 saturated heterocycles. The Hall–Kier alpha value is -1.66. The van der Waals surface area contributed by atoms with Gasteiger partial charge in [0.25, 0.3) is 0 Å². The minimum Gasteiger partial charge on any atom is -0.466 e. The summed E-state index contributed by atoms with van der Waals surface area (Å²) in [6, 6.07) is -0.553. The summed E-state index contributed by atoms with van der Waals surface area (Å²) < 4.78 is 5.46. The fourth-order valence-electron chi connectivity index (χ4n) is 9.69. The van der Waals surface area contributed by atoms with Crippen LogP contribution < -0.4 is 5.32 Å². The van der Waals surface area contributed by atoms with Gasteiger partial charge in [-0.25, -0.2) is 0 Å². The first-order valence-corrected chi connectivity index (χ1v) is 31.1. The van der Waals surface area contributed by atoms with Crippen molar-refractivity contribution in [1.82, 2.24) is 5.32 Å². The molecule has 0 aromatic carbocycles. The number of allylic oxidation sites excluding steroid dienone is 4. The summed E-state index contributed by atoms with van der Waals surface area (Å²) in [7, 11) is 0. The van der Waals surface area contributed by atoms with E-state index < -0.39 is 12.1 Å². The van der Waals surface area contributed by atoms with Crippen molar-refractivity contribution in [3.8, 4) is 0 Å². The first-order chi connectivity index (χ1) is 34.0. The van der Waals surface area contributed by atoms with E-state index in [1.807, 2.05) is 0 Å². The van der Waals surface area contributed by atoms with E-state index in [-0.39, 0.29) is 18.5 Å². The van der Waals surface area contributed by atoms with E-state index in [2.05, 4.69) is 43.5 Å². The van der Waals surface area contributed by atoms with Crippen LogP contribution in [-0.4, -0.2) is 47.4 Å². The number of rotatable bonds is 58. The molecule has 2 unspecified atom stereocenters. The topological polar surface area (TPSA) is 95.9 Å². The maximum absolute atomic E-state index is 12.5. The van der Waals surface area contributed by atoms with Crippen LogP contribution >= 0.6 is 0 Å². The molecule has 0 aromatic heterocycles. The van der Waals surface area contributed by atoms with Gasteiger partial charge in [-0.15, -0.1) is 0 Å². The molecular weight excluding hydrogens is 851 g/mol. The van der Waals surface area contributed by atoms with Gasteiger partial charge in [-0.1, -0.05) is 276 Å². The zero-order valence-corrected chi connectivity index (χ0v) is 46.6. The van der Waals surface area contributed by atoms with Crippen LogP contribution in [-0.2, 0) is 14.3 Å². The Kier molecular flexibility index (Phi) is 57.5. The van der Waals surface area contributed by atoms with Gasteiger partial charge in [0.15, 0.2) is 0 Å². The van der Waals surface area contributed by atoms with Crippen molar-refractivity contribution < 1.29 is 24.5 Å². The lowest BCUT2D eigenvalue weighted by molar-refractivity contribution is -0.143. The van der Waals surface area contributed by atoms with Gasteiger partial charge in [0.1, 0.15) is 0 Å². The van der Waals surface area contributed by atoms with Crippen LogP contribution in [0.25, 0.3) is 0 Å². The highest BCUT2D eigenvalue weighted by atomic mass is 16.5. The Morgan fingerprint density at radius 1 is 0.391 bits per heavy atom. The number of carbonyl (C=O) groups excluding carboxylic acids is 2. The van der Waals surface area contributed by atoms with Gasteiger partial charge in [0, 0.05) is 12.8 Å². The second-order valence-electron chi connectivity index (χ2n) is 21.4. The standard InChI is InChI=1S/C63H121NO5/c1-3-5-7-9-11-13-15-17-18-19-20-21-22-23-26-29-32-35-39-43-47-51-55-61(66)60(59-65)64-62(67)56-52-48-44-40-36-33-30-27-24-25-28-31-34-38-42-46-50-54-58-69-63(68)57-53-49-45-41-37-16-14-12-10-8-6-4-2/h12,14,27,30,60-61,65-66H,3-11,13,15-26,28-29,31-59H2,1-2H3,(H,64,67)/b14-12-,30-27-. The zero-order valence-electron chi connectivity index (χ0n) is 46.6. The lowest BCUT2D eigenvalue weighted by Gasteiger charge is -2.22. The second-order valence-corrected chi connectivity index (χ2v) is 21.4. The van der Waals surface area contributed by atoms with E-state index in [1.165, 1.54) is 250 Å². The van der Waals surface area contributed by atoms with E-state index in [9.17, 15) is 19.8 Å². The highest BCUT2D eigenvalue weighted by Crippen LogP contribution is 2.18. The maximum atomic E-state index is 12.5. The summed E-state index contributed by atoms with van der Waals surface area (Å²) in [4.78, 5) is 24.5. The van der Waals surface area contributed by atoms with Gasteiger partial charge in [-0.2, -0.15) is 0 Å². The molecule has 0 rings (SSSR count). The lowest BCUT2D eigenvalue weighted by atomic mass is 10.0. The third kappa shape index (κ3) is 55.5. The fraction of sp³-hybridized carbons (Fsp3) is 0.905. The van der Waals surface area contributed by atoms with Crippen molar-refractivity contribution in [3.05, 3.63) is 24.3 Å². The number of aliphatic hydroxyl groups is 2. The van der Waals surface area contributed by atoms with Crippen LogP contribution in [0, 0.1) is 0 Å². The number of hydrogen-bond acceptors (Lipinski definition) is 5. The van der Waals surface area contributed by atoms with E-state index in [1.54, 1.807) is 0 Å². The molecule has 0 aliphatic heterocycles. The van der Waals surface area contributed by atoms with E-state index in [4.69, 9.17) is 4.74 Å². The van der Waals surface area contributed by atoms with Gasteiger partial charge in [0.2, 0.25) is 5.91 Å². The molecule has 0 aliphatic carbocycles. The molecule has 6 nitrogen and oxygen atoms in total. The summed E-state index contributed by atoms with van der Waals surface area (Å²) in [5.74, 6) is -0.0527. The second kappa shape index (κ2) is 58.9. The largest absolute Gasteiger partial charge is 0.466 e. The van der Waals surface area contributed by atoms with Crippen molar-refractivity contribution in [2.75, 3.05) is 13.2 Å². The van der Waals surface area contributed by atoms with Crippen molar-refractivity contribution in [2.45, 2.75) is 353 Å². The molecule has 2 atom stereocenters. The van der Waals surface area contributed by atoms with Crippen molar-refractivity contribution in [3.63, 3.8) is 0 Å². The Morgan fingerprint density at radius 2 is 0.681 bits per heavy atom. The molecule has 1 amide bonds. The summed E-state index contributed by atoms with van der Waals surface area (Å²) in [5, 5.41) is 23.4. The minimum absolute atomic E-state index is 0.00655. The van der Waals surface area contributed by atoms with Crippen molar-refractivity contribution in [2.24, 2.45) is 0 Å². The number of nitrogens with one attached hydrogen (secondary N) is 1. The molecule has 0 saturated carbocycles. The fourth-order valence-corrected chi connectivity index (χ4v) is 9.69. The Bertz CT molecular complexity index is 1080. The number of hydrogen-bond donors (Lipinski definition) is 3. The first-order valence-electron chi connectivity index (χ1n) is 31.1. The first kappa shape index (κ1) is 67.3. The predicted octanol–water partition coefficient (Wildman–Crippen LogP) is 19.4. The third-order valence-electron chi connectivity index (χ3n) is 14.5. The Morgan fingerprint density at radius 3 is 1.06 bits per heavy atom.